The fourth-order valence-electron chi connectivity index (χ4n) is 5.88. The third kappa shape index (κ3) is 4.39. The van der Waals surface area contributed by atoms with Crippen LogP contribution in [0.15, 0.2) is 71.5 Å². The highest BCUT2D eigenvalue weighted by Gasteiger charge is 2.44. The third-order valence-corrected chi connectivity index (χ3v) is 7.61. The van der Waals surface area contributed by atoms with Gasteiger partial charge in [-0.05, 0) is 70.6 Å². The summed E-state index contributed by atoms with van der Waals surface area (Å²) in [5.41, 5.74) is 2.64. The largest absolute Gasteiger partial charge is 0.489 e. The van der Waals surface area contributed by atoms with E-state index in [4.69, 9.17) is 13.9 Å². The van der Waals surface area contributed by atoms with Gasteiger partial charge in [0, 0.05) is 24.0 Å². The zero-order valence-electron chi connectivity index (χ0n) is 20.2. The van der Waals surface area contributed by atoms with Gasteiger partial charge in [0.25, 0.3) is 0 Å². The molecule has 0 amide bonds. The van der Waals surface area contributed by atoms with Crippen molar-refractivity contribution in [1.82, 2.24) is 0 Å². The van der Waals surface area contributed by atoms with E-state index in [0.717, 1.165) is 29.4 Å². The molecule has 0 spiro atoms. The van der Waals surface area contributed by atoms with Crippen LogP contribution in [0.2, 0.25) is 0 Å². The lowest BCUT2D eigenvalue weighted by molar-refractivity contribution is -0.115. The highest BCUT2D eigenvalue weighted by atomic mass is 16.5. The van der Waals surface area contributed by atoms with Crippen molar-refractivity contribution >= 4 is 16.7 Å². The number of aromatic carboxylic acids is 1. The Labute approximate surface area is 213 Å². The zero-order valence-corrected chi connectivity index (χ0v) is 20.2. The second kappa shape index (κ2) is 9.34. The quantitative estimate of drug-likeness (QED) is 0.312. The molecule has 3 aromatic carbocycles. The van der Waals surface area contributed by atoms with Gasteiger partial charge in [-0.25, -0.2) is 4.79 Å². The first-order valence-electron chi connectivity index (χ1n) is 12.5. The molecule has 0 radical (unpaired) electrons. The van der Waals surface area contributed by atoms with Gasteiger partial charge in [0.2, 0.25) is 0 Å². The maximum absolute atomic E-state index is 12.0. The molecule has 2 saturated heterocycles. The molecule has 2 aliphatic rings. The molecule has 3 N–H and O–H groups in total. The molecule has 7 heteroatoms. The molecule has 37 heavy (non-hydrogen) atoms. The van der Waals surface area contributed by atoms with Crippen molar-refractivity contribution in [2.45, 2.75) is 56.7 Å². The molecule has 2 aliphatic heterocycles. The average molecular weight is 501 g/mol. The third-order valence-electron chi connectivity index (χ3n) is 7.61. The lowest BCUT2D eigenvalue weighted by Gasteiger charge is -2.37. The van der Waals surface area contributed by atoms with E-state index in [1.165, 1.54) is 12.5 Å². The summed E-state index contributed by atoms with van der Waals surface area (Å²) in [6.45, 7) is -0.111. The summed E-state index contributed by atoms with van der Waals surface area (Å²) in [6, 6.07) is 16.7. The van der Waals surface area contributed by atoms with Crippen molar-refractivity contribution in [3.63, 3.8) is 0 Å². The van der Waals surface area contributed by atoms with Crippen LogP contribution in [-0.4, -0.2) is 33.5 Å². The smallest absolute Gasteiger partial charge is 0.336 e. The maximum atomic E-state index is 12.0. The van der Waals surface area contributed by atoms with Crippen LogP contribution in [0.5, 0.6) is 5.75 Å². The highest BCUT2D eigenvalue weighted by Crippen LogP contribution is 2.44. The molecule has 2 atom stereocenters. The minimum atomic E-state index is -1.11. The van der Waals surface area contributed by atoms with Gasteiger partial charge in [0.05, 0.1) is 42.5 Å². The Hall–Kier alpha value is -3.65. The van der Waals surface area contributed by atoms with E-state index in [1.54, 1.807) is 18.2 Å². The number of carboxylic acids is 1. The number of fused-ring (bicyclic) bond motifs is 3. The molecule has 0 aliphatic carbocycles. The fraction of sp³-hybridized carbons (Fsp3) is 0.300. The van der Waals surface area contributed by atoms with E-state index >= 15 is 0 Å². The zero-order chi connectivity index (χ0) is 25.6. The normalized spacial score (nSPS) is 22.9. The maximum Gasteiger partial charge on any atom is 0.336 e. The summed E-state index contributed by atoms with van der Waals surface area (Å²) in [7, 11) is 0. The number of hydrogen-bond acceptors (Lipinski definition) is 6. The number of aliphatic hydroxyl groups excluding tert-OH is 1. The van der Waals surface area contributed by atoms with Gasteiger partial charge in [-0.1, -0.05) is 24.3 Å². The van der Waals surface area contributed by atoms with Crippen molar-refractivity contribution in [2.24, 2.45) is 0 Å². The second-order valence-corrected chi connectivity index (χ2v) is 10.0. The molecule has 2 fully saturated rings. The van der Waals surface area contributed by atoms with Gasteiger partial charge in [0.15, 0.2) is 0 Å². The predicted octanol–water partition coefficient (Wildman–Crippen LogP) is 5.40. The molecule has 7 nitrogen and oxygen atoms in total. The van der Waals surface area contributed by atoms with Crippen molar-refractivity contribution in [1.29, 1.82) is 0 Å². The van der Waals surface area contributed by atoms with Crippen molar-refractivity contribution in [3.05, 3.63) is 89.4 Å². The van der Waals surface area contributed by atoms with Gasteiger partial charge < -0.3 is 29.2 Å². The molecule has 190 valence electrons. The van der Waals surface area contributed by atoms with Crippen LogP contribution >= 0.6 is 0 Å². The van der Waals surface area contributed by atoms with E-state index in [-0.39, 0.29) is 17.8 Å². The Kier molecular flexibility index (Phi) is 5.99. The van der Waals surface area contributed by atoms with Gasteiger partial charge >= 0.3 is 5.97 Å². The molecule has 1 aromatic heterocycles. The van der Waals surface area contributed by atoms with Crippen LogP contribution < -0.4 is 4.74 Å². The lowest BCUT2D eigenvalue weighted by atomic mass is 9.83. The van der Waals surface area contributed by atoms with Crippen molar-refractivity contribution in [2.75, 3.05) is 0 Å². The Bertz CT molecular complexity index is 1440. The highest BCUT2D eigenvalue weighted by molar-refractivity contribution is 6.05. The molecule has 0 saturated carbocycles. The first-order chi connectivity index (χ1) is 17.9. The minimum absolute atomic E-state index is 0.0368. The number of rotatable bonds is 7. The number of carboxylic acid groups (broad SMARTS) is 1. The van der Waals surface area contributed by atoms with Gasteiger partial charge in [-0.15, -0.1) is 0 Å². The summed E-state index contributed by atoms with van der Waals surface area (Å²) in [5.74, 6) is -0.523. The van der Waals surface area contributed by atoms with Crippen LogP contribution in [0.3, 0.4) is 0 Å². The Balaban J connectivity index is 1.29. The molecular weight excluding hydrogens is 472 g/mol. The number of hydrogen-bond donors (Lipinski definition) is 3. The van der Waals surface area contributed by atoms with Crippen LogP contribution in [0.25, 0.3) is 21.9 Å². The monoisotopic (exact) mass is 500 g/mol. The van der Waals surface area contributed by atoms with E-state index in [0.29, 0.717) is 47.3 Å². The Morgan fingerprint density at radius 1 is 1.05 bits per heavy atom. The molecule has 4 aromatic rings. The van der Waals surface area contributed by atoms with Gasteiger partial charge in [-0.3, -0.25) is 0 Å². The molecule has 2 bridgehead atoms. The van der Waals surface area contributed by atoms with E-state index in [9.17, 15) is 20.1 Å². The summed E-state index contributed by atoms with van der Waals surface area (Å²) < 4.78 is 17.2. The summed E-state index contributed by atoms with van der Waals surface area (Å²) in [5, 5.41) is 32.6. The summed E-state index contributed by atoms with van der Waals surface area (Å²) in [6.07, 6.45) is 6.52. The predicted molar refractivity (Wildman–Crippen MR) is 136 cm³/mol. The second-order valence-electron chi connectivity index (χ2n) is 10.0. The molecule has 2 unspecified atom stereocenters. The van der Waals surface area contributed by atoms with Crippen LogP contribution in [0, 0.1) is 0 Å². The number of carbonyl (C=O) groups is 1. The fourth-order valence-corrected chi connectivity index (χ4v) is 5.88. The SMILES string of the molecule is O=C(O)c1cc2cc(OCc3cccc(C4(O)CC5CCC(C4)O5)c3)ccc2c(-c2ccoc2)c1CO. The first-order valence-corrected chi connectivity index (χ1v) is 12.5. The summed E-state index contributed by atoms with van der Waals surface area (Å²) >= 11 is 0. The van der Waals surface area contributed by atoms with E-state index in [2.05, 4.69) is 0 Å². The topological polar surface area (TPSA) is 109 Å². The lowest BCUT2D eigenvalue weighted by Crippen LogP contribution is -2.38. The molecular formula is C30H28O7. The number of benzene rings is 3. The molecule has 6 rings (SSSR count). The van der Waals surface area contributed by atoms with Crippen LogP contribution in [-0.2, 0) is 23.6 Å². The summed E-state index contributed by atoms with van der Waals surface area (Å²) in [4.78, 5) is 12.0. The average Bonchev–Trinajstić information content (AvgIpc) is 3.56. The Morgan fingerprint density at radius 2 is 1.86 bits per heavy atom. The van der Waals surface area contributed by atoms with Gasteiger partial charge in [-0.2, -0.15) is 0 Å². The first kappa shape index (κ1) is 23.7. The van der Waals surface area contributed by atoms with Crippen LogP contribution in [0.1, 0.15) is 52.7 Å². The van der Waals surface area contributed by atoms with Crippen molar-refractivity contribution in [3.8, 4) is 16.9 Å². The molecule has 3 heterocycles. The van der Waals surface area contributed by atoms with E-state index < -0.39 is 18.2 Å². The Morgan fingerprint density at radius 3 is 2.57 bits per heavy atom. The van der Waals surface area contributed by atoms with Crippen molar-refractivity contribution < 1.29 is 34.0 Å². The number of aliphatic hydroxyl groups is 2. The number of furan rings is 1. The minimum Gasteiger partial charge on any atom is -0.489 e. The number of ether oxygens (including phenoxy) is 2. The van der Waals surface area contributed by atoms with E-state index in [1.807, 2.05) is 36.4 Å². The van der Waals surface area contributed by atoms with Crippen LogP contribution in [0.4, 0.5) is 0 Å². The standard InChI is InChI=1S/C30H28O7/c31-15-27-26(29(32)33)12-20-11-22(6-7-25(20)28(27)19-8-9-35-17-19)36-16-18-2-1-3-21(10-18)30(34)13-23-4-5-24(14-30)37-23/h1-3,6-12,17,23-24,31,34H,4-5,13-16H2,(H,32,33). The van der Waals surface area contributed by atoms with Gasteiger partial charge in [0.1, 0.15) is 12.4 Å².